The van der Waals surface area contributed by atoms with Crippen LogP contribution in [0.2, 0.25) is 0 Å². The van der Waals surface area contributed by atoms with Crippen molar-refractivity contribution < 1.29 is 4.79 Å². The zero-order valence-electron chi connectivity index (χ0n) is 11.0. The molecule has 1 aliphatic rings. The van der Waals surface area contributed by atoms with E-state index in [9.17, 15) is 4.79 Å². The molecule has 0 saturated carbocycles. The fourth-order valence-electron chi connectivity index (χ4n) is 2.11. The van der Waals surface area contributed by atoms with Gasteiger partial charge in [0.25, 0.3) is 0 Å². The number of hydrogen-bond donors (Lipinski definition) is 1. The molecule has 0 unspecified atom stereocenters. The van der Waals surface area contributed by atoms with Crippen LogP contribution in [0.5, 0.6) is 0 Å². The number of ketones is 1. The Hall–Kier alpha value is -2.75. The Morgan fingerprint density at radius 2 is 1.70 bits per heavy atom. The van der Waals surface area contributed by atoms with Crippen molar-refractivity contribution in [3.63, 3.8) is 0 Å². The summed E-state index contributed by atoms with van der Waals surface area (Å²) in [6.07, 6.45) is 0. The van der Waals surface area contributed by atoms with E-state index in [1.165, 1.54) is 0 Å². The van der Waals surface area contributed by atoms with Crippen molar-refractivity contribution in [2.75, 3.05) is 0 Å². The summed E-state index contributed by atoms with van der Waals surface area (Å²) in [6, 6.07) is 14.8. The second-order valence-electron chi connectivity index (χ2n) is 4.58. The summed E-state index contributed by atoms with van der Waals surface area (Å²) in [7, 11) is 0. The van der Waals surface area contributed by atoms with Crippen molar-refractivity contribution in [1.29, 1.82) is 0 Å². The third kappa shape index (κ3) is 2.12. The van der Waals surface area contributed by atoms with E-state index in [4.69, 9.17) is 5.73 Å². The van der Waals surface area contributed by atoms with Gasteiger partial charge in [0.2, 0.25) is 0 Å². The number of carbonyl (C=O) groups is 1. The second kappa shape index (κ2) is 4.74. The molecule has 98 valence electrons. The summed E-state index contributed by atoms with van der Waals surface area (Å²) < 4.78 is 0. The maximum Gasteiger partial charge on any atom is 0.162 e. The van der Waals surface area contributed by atoms with Gasteiger partial charge in [-0.05, 0) is 31.2 Å². The monoisotopic (exact) mass is 263 g/mol. The van der Waals surface area contributed by atoms with E-state index in [2.05, 4.69) is 9.98 Å². The highest BCUT2D eigenvalue weighted by Crippen LogP contribution is 2.21. The molecule has 0 amide bonds. The van der Waals surface area contributed by atoms with Gasteiger partial charge < -0.3 is 5.73 Å². The zero-order valence-corrected chi connectivity index (χ0v) is 11.0. The minimum absolute atomic E-state index is 0.0395. The molecule has 4 heteroatoms. The highest BCUT2D eigenvalue weighted by atomic mass is 16.1. The first-order valence-corrected chi connectivity index (χ1v) is 6.29. The third-order valence-corrected chi connectivity index (χ3v) is 3.18. The maximum atomic E-state index is 11.2. The van der Waals surface area contributed by atoms with Crippen LogP contribution >= 0.6 is 0 Å². The molecule has 4 nitrogen and oxygen atoms in total. The lowest BCUT2D eigenvalue weighted by atomic mass is 10.1. The van der Waals surface area contributed by atoms with Crippen molar-refractivity contribution >= 4 is 23.1 Å². The zero-order chi connectivity index (χ0) is 14.1. The van der Waals surface area contributed by atoms with Crippen LogP contribution in [0.25, 0.3) is 0 Å². The Bertz CT molecular complexity index is 743. The van der Waals surface area contributed by atoms with Crippen LogP contribution in [-0.4, -0.2) is 17.5 Å². The van der Waals surface area contributed by atoms with E-state index in [0.717, 1.165) is 16.8 Å². The van der Waals surface area contributed by atoms with Gasteiger partial charge in [0.1, 0.15) is 5.84 Å². The molecule has 0 atom stereocenters. The average Bonchev–Trinajstić information content (AvgIpc) is 2.77. The number of aliphatic imine (C=N–C) groups is 2. The van der Waals surface area contributed by atoms with Gasteiger partial charge >= 0.3 is 0 Å². The molecule has 0 saturated heterocycles. The molecule has 0 aromatic heterocycles. The molecule has 0 bridgehead atoms. The Labute approximate surface area is 116 Å². The standard InChI is InChI=1S/C16H13N3O/c1-10(20)11-6-8-12(9-7-11)18-16-14-5-3-2-4-13(14)15(17)19-16/h2-9H,1H3,(H2,17,18,19). The summed E-state index contributed by atoms with van der Waals surface area (Å²) in [6.45, 7) is 1.54. The lowest BCUT2D eigenvalue weighted by Crippen LogP contribution is -2.09. The van der Waals surface area contributed by atoms with Crippen LogP contribution in [0.3, 0.4) is 0 Å². The molecular weight excluding hydrogens is 250 g/mol. The lowest BCUT2D eigenvalue weighted by Gasteiger charge is -2.00. The van der Waals surface area contributed by atoms with Crippen LogP contribution < -0.4 is 5.73 Å². The summed E-state index contributed by atoms with van der Waals surface area (Å²) in [5.41, 5.74) is 9.14. The SMILES string of the molecule is CC(=O)c1ccc(N=C2N=C(N)c3ccccc32)cc1. The number of Topliss-reactive ketones (excluding diaryl/α,β-unsaturated/α-hetero) is 1. The van der Waals surface area contributed by atoms with Gasteiger partial charge in [-0.15, -0.1) is 0 Å². The number of benzene rings is 2. The van der Waals surface area contributed by atoms with Gasteiger partial charge in [-0.25, -0.2) is 9.98 Å². The number of nitrogens with zero attached hydrogens (tertiary/aromatic N) is 2. The fourth-order valence-corrected chi connectivity index (χ4v) is 2.11. The van der Waals surface area contributed by atoms with Gasteiger partial charge in [-0.2, -0.15) is 0 Å². The van der Waals surface area contributed by atoms with E-state index >= 15 is 0 Å². The third-order valence-electron chi connectivity index (χ3n) is 3.18. The van der Waals surface area contributed by atoms with E-state index in [-0.39, 0.29) is 5.78 Å². The van der Waals surface area contributed by atoms with Crippen molar-refractivity contribution in [2.24, 2.45) is 15.7 Å². The smallest absolute Gasteiger partial charge is 0.162 e. The summed E-state index contributed by atoms with van der Waals surface area (Å²) >= 11 is 0. The second-order valence-corrected chi connectivity index (χ2v) is 4.58. The van der Waals surface area contributed by atoms with Crippen molar-refractivity contribution in [2.45, 2.75) is 6.92 Å². The van der Waals surface area contributed by atoms with Crippen molar-refractivity contribution in [3.05, 3.63) is 65.2 Å². The first-order valence-electron chi connectivity index (χ1n) is 6.29. The van der Waals surface area contributed by atoms with Crippen LogP contribution in [-0.2, 0) is 0 Å². The maximum absolute atomic E-state index is 11.2. The molecule has 20 heavy (non-hydrogen) atoms. The molecule has 1 aliphatic heterocycles. The summed E-state index contributed by atoms with van der Waals surface area (Å²) in [5.74, 6) is 1.13. The largest absolute Gasteiger partial charge is 0.383 e. The highest BCUT2D eigenvalue weighted by Gasteiger charge is 2.18. The molecule has 0 spiro atoms. The number of amidine groups is 2. The number of fused-ring (bicyclic) bond motifs is 1. The number of rotatable bonds is 2. The first kappa shape index (κ1) is 12.3. The Morgan fingerprint density at radius 3 is 2.35 bits per heavy atom. The molecule has 2 aromatic carbocycles. The van der Waals surface area contributed by atoms with Crippen LogP contribution in [0, 0.1) is 0 Å². The number of hydrogen-bond acceptors (Lipinski definition) is 3. The fraction of sp³-hybridized carbons (Fsp3) is 0.0625. The van der Waals surface area contributed by atoms with Crippen LogP contribution in [0.4, 0.5) is 5.69 Å². The van der Waals surface area contributed by atoms with E-state index in [0.29, 0.717) is 17.2 Å². The molecule has 1 heterocycles. The van der Waals surface area contributed by atoms with Gasteiger partial charge in [0.15, 0.2) is 11.6 Å². The summed E-state index contributed by atoms with van der Waals surface area (Å²) in [5, 5.41) is 0. The topological polar surface area (TPSA) is 67.8 Å². The molecule has 3 rings (SSSR count). The molecular formula is C16H13N3O. The van der Waals surface area contributed by atoms with Crippen molar-refractivity contribution in [1.82, 2.24) is 0 Å². The normalized spacial score (nSPS) is 15.1. The van der Waals surface area contributed by atoms with E-state index in [1.54, 1.807) is 31.2 Å². The van der Waals surface area contributed by atoms with Crippen LogP contribution in [0.15, 0.2) is 58.5 Å². The molecule has 2 N–H and O–H groups in total. The minimum Gasteiger partial charge on any atom is -0.383 e. The number of carbonyl (C=O) groups excluding carboxylic acids is 1. The molecule has 2 aromatic rings. The Balaban J connectivity index is 2.00. The van der Waals surface area contributed by atoms with Crippen LogP contribution in [0.1, 0.15) is 28.4 Å². The predicted molar refractivity (Wildman–Crippen MR) is 79.8 cm³/mol. The Morgan fingerprint density at radius 1 is 1.05 bits per heavy atom. The highest BCUT2D eigenvalue weighted by molar-refractivity contribution is 6.22. The van der Waals surface area contributed by atoms with Crippen molar-refractivity contribution in [3.8, 4) is 0 Å². The average molecular weight is 263 g/mol. The van der Waals surface area contributed by atoms with Gasteiger partial charge in [0, 0.05) is 16.7 Å². The molecule has 0 fully saturated rings. The van der Waals surface area contributed by atoms with Gasteiger partial charge in [0.05, 0.1) is 5.69 Å². The van der Waals surface area contributed by atoms with E-state index in [1.807, 2.05) is 24.3 Å². The molecule has 0 aliphatic carbocycles. The quantitative estimate of drug-likeness (QED) is 0.846. The van der Waals surface area contributed by atoms with E-state index < -0.39 is 0 Å². The van der Waals surface area contributed by atoms with Gasteiger partial charge in [-0.1, -0.05) is 24.3 Å². The Kier molecular flexibility index (Phi) is 2.91. The lowest BCUT2D eigenvalue weighted by molar-refractivity contribution is 0.101. The summed E-state index contributed by atoms with van der Waals surface area (Å²) in [4.78, 5) is 20.0. The minimum atomic E-state index is 0.0395. The predicted octanol–water partition coefficient (Wildman–Crippen LogP) is 2.69. The first-order chi connectivity index (χ1) is 9.65. The molecule has 0 radical (unpaired) electrons. The number of nitrogens with two attached hydrogens (primary N) is 1. The van der Waals surface area contributed by atoms with Gasteiger partial charge in [-0.3, -0.25) is 4.79 Å².